The normalized spacial score (nSPS) is 19.2. The quantitative estimate of drug-likeness (QED) is 0.613. The van der Waals surface area contributed by atoms with Crippen molar-refractivity contribution in [2.75, 3.05) is 19.6 Å². The average Bonchev–Trinajstić information content (AvgIpc) is 2.29. The van der Waals surface area contributed by atoms with Crippen LogP contribution in [0.4, 0.5) is 0 Å². The minimum absolute atomic E-state index is 0.668. The maximum absolute atomic E-state index is 4.15. The summed E-state index contributed by atoms with van der Waals surface area (Å²) < 4.78 is 0. The van der Waals surface area contributed by atoms with E-state index in [1.54, 1.807) is 0 Å². The molecular weight excluding hydrogens is 194 g/mol. The van der Waals surface area contributed by atoms with E-state index < -0.39 is 0 Å². The smallest absolute Gasteiger partial charge is 0.00162 e. The lowest BCUT2D eigenvalue weighted by molar-refractivity contribution is 0.185. The summed E-state index contributed by atoms with van der Waals surface area (Å²) in [5.41, 5.74) is 1.44. The van der Waals surface area contributed by atoms with Crippen LogP contribution in [-0.4, -0.2) is 24.5 Å². The van der Waals surface area contributed by atoms with Crippen LogP contribution in [0.3, 0.4) is 0 Å². The summed E-state index contributed by atoms with van der Waals surface area (Å²) in [6, 6.07) is 0. The molecule has 0 N–H and O–H groups in total. The maximum Gasteiger partial charge on any atom is -0.00162 e. The zero-order valence-corrected chi connectivity index (χ0v) is 11.5. The second-order valence-electron chi connectivity index (χ2n) is 5.58. The fourth-order valence-electron chi connectivity index (χ4n) is 2.50. The molecule has 0 bridgehead atoms. The summed E-state index contributed by atoms with van der Waals surface area (Å²) in [6.07, 6.45) is 6.85. The Morgan fingerprint density at radius 1 is 1.31 bits per heavy atom. The summed E-state index contributed by atoms with van der Waals surface area (Å²) >= 11 is 0. The highest BCUT2D eigenvalue weighted by Crippen LogP contribution is 2.24. The highest BCUT2D eigenvalue weighted by Gasteiger charge is 2.17. The number of rotatable bonds is 6. The third kappa shape index (κ3) is 4.69. The molecule has 1 heterocycles. The topological polar surface area (TPSA) is 3.24 Å². The van der Waals surface area contributed by atoms with Gasteiger partial charge < -0.3 is 4.90 Å². The highest BCUT2D eigenvalue weighted by atomic mass is 15.1. The van der Waals surface area contributed by atoms with Crippen molar-refractivity contribution in [1.29, 1.82) is 0 Å². The van der Waals surface area contributed by atoms with Gasteiger partial charge in [-0.25, -0.2) is 0 Å². The van der Waals surface area contributed by atoms with E-state index in [0.29, 0.717) is 5.92 Å². The van der Waals surface area contributed by atoms with Gasteiger partial charge in [0, 0.05) is 0 Å². The minimum atomic E-state index is 0.668. The molecule has 0 aliphatic carbocycles. The first-order chi connectivity index (χ1) is 7.63. The molecule has 1 nitrogen and oxygen atoms in total. The number of piperidine rings is 1. The summed E-state index contributed by atoms with van der Waals surface area (Å²) in [7, 11) is 0. The predicted molar refractivity (Wildman–Crippen MR) is 72.7 cm³/mol. The van der Waals surface area contributed by atoms with E-state index in [9.17, 15) is 0 Å². The number of nitrogens with zero attached hydrogens (tertiary/aromatic N) is 1. The molecule has 0 radical (unpaired) electrons. The van der Waals surface area contributed by atoms with Crippen molar-refractivity contribution in [1.82, 2.24) is 4.90 Å². The molecule has 0 saturated carbocycles. The molecule has 1 fully saturated rings. The van der Waals surface area contributed by atoms with E-state index in [2.05, 4.69) is 32.3 Å². The van der Waals surface area contributed by atoms with E-state index in [4.69, 9.17) is 0 Å². The Bertz CT molecular complexity index is 199. The molecule has 1 saturated heterocycles. The standard InChI is InChI=1S/C15H29N/c1-5-16-11-9-15(10-12-16)8-6-7-14(4)13(2)3/h13,15H,4-12H2,1-3H3. The second kappa shape index (κ2) is 7.11. The van der Waals surface area contributed by atoms with Crippen molar-refractivity contribution in [2.45, 2.75) is 52.9 Å². The van der Waals surface area contributed by atoms with E-state index in [1.165, 1.54) is 57.3 Å². The monoisotopic (exact) mass is 223 g/mol. The van der Waals surface area contributed by atoms with Gasteiger partial charge in [0.1, 0.15) is 0 Å². The van der Waals surface area contributed by atoms with Gasteiger partial charge in [-0.3, -0.25) is 0 Å². The van der Waals surface area contributed by atoms with Crippen LogP contribution < -0.4 is 0 Å². The molecule has 1 aliphatic rings. The Kier molecular flexibility index (Phi) is 6.12. The van der Waals surface area contributed by atoms with Crippen molar-refractivity contribution < 1.29 is 0 Å². The third-order valence-electron chi connectivity index (χ3n) is 4.08. The van der Waals surface area contributed by atoms with Gasteiger partial charge in [-0.1, -0.05) is 39.3 Å². The highest BCUT2D eigenvalue weighted by molar-refractivity contribution is 4.97. The van der Waals surface area contributed by atoms with Gasteiger partial charge in [0.25, 0.3) is 0 Å². The van der Waals surface area contributed by atoms with Gasteiger partial charge in [-0.15, -0.1) is 0 Å². The SMILES string of the molecule is C=C(CCCC1CCN(CC)CC1)C(C)C. The molecule has 0 aromatic carbocycles. The largest absolute Gasteiger partial charge is 0.304 e. The Balaban J connectivity index is 2.08. The van der Waals surface area contributed by atoms with Gasteiger partial charge in [0.05, 0.1) is 0 Å². The summed E-state index contributed by atoms with van der Waals surface area (Å²) in [6.45, 7) is 14.8. The molecule has 0 amide bonds. The lowest BCUT2D eigenvalue weighted by Gasteiger charge is -2.31. The van der Waals surface area contributed by atoms with Gasteiger partial charge in [-0.2, -0.15) is 0 Å². The first-order valence-corrected chi connectivity index (χ1v) is 7.03. The predicted octanol–water partition coefficient (Wildman–Crippen LogP) is 4.10. The van der Waals surface area contributed by atoms with Crippen LogP contribution in [0, 0.1) is 11.8 Å². The summed E-state index contributed by atoms with van der Waals surface area (Å²) in [5.74, 6) is 1.66. The molecular formula is C15H29N. The van der Waals surface area contributed by atoms with Crippen LogP contribution in [0.5, 0.6) is 0 Å². The molecule has 94 valence electrons. The fourth-order valence-corrected chi connectivity index (χ4v) is 2.50. The molecule has 0 spiro atoms. The van der Waals surface area contributed by atoms with Crippen molar-refractivity contribution in [3.63, 3.8) is 0 Å². The second-order valence-corrected chi connectivity index (χ2v) is 5.58. The first-order valence-electron chi connectivity index (χ1n) is 7.03. The van der Waals surface area contributed by atoms with E-state index in [-0.39, 0.29) is 0 Å². The zero-order valence-electron chi connectivity index (χ0n) is 11.5. The zero-order chi connectivity index (χ0) is 12.0. The Morgan fingerprint density at radius 3 is 2.44 bits per heavy atom. The van der Waals surface area contributed by atoms with E-state index in [1.807, 2.05) is 0 Å². The Morgan fingerprint density at radius 2 is 1.94 bits per heavy atom. The van der Waals surface area contributed by atoms with E-state index >= 15 is 0 Å². The lowest BCUT2D eigenvalue weighted by atomic mass is 9.89. The minimum Gasteiger partial charge on any atom is -0.304 e. The number of hydrogen-bond acceptors (Lipinski definition) is 1. The fraction of sp³-hybridized carbons (Fsp3) is 0.867. The van der Waals surface area contributed by atoms with Crippen molar-refractivity contribution >= 4 is 0 Å². The average molecular weight is 223 g/mol. The molecule has 1 heteroatoms. The number of allylic oxidation sites excluding steroid dienone is 1. The summed E-state index contributed by atoms with van der Waals surface area (Å²) in [5, 5.41) is 0. The van der Waals surface area contributed by atoms with Crippen molar-refractivity contribution in [3.8, 4) is 0 Å². The van der Waals surface area contributed by atoms with Crippen LogP contribution in [0.15, 0.2) is 12.2 Å². The summed E-state index contributed by atoms with van der Waals surface area (Å²) in [4.78, 5) is 2.57. The van der Waals surface area contributed by atoms with Crippen LogP contribution in [-0.2, 0) is 0 Å². The lowest BCUT2D eigenvalue weighted by Crippen LogP contribution is -2.33. The van der Waals surface area contributed by atoms with Crippen LogP contribution in [0.25, 0.3) is 0 Å². The van der Waals surface area contributed by atoms with E-state index in [0.717, 1.165) is 5.92 Å². The molecule has 1 aliphatic heterocycles. The van der Waals surface area contributed by atoms with Gasteiger partial charge in [0.15, 0.2) is 0 Å². The molecule has 0 atom stereocenters. The number of likely N-dealkylation sites (tertiary alicyclic amines) is 1. The molecule has 16 heavy (non-hydrogen) atoms. The Labute approximate surface area is 102 Å². The van der Waals surface area contributed by atoms with Crippen LogP contribution in [0.1, 0.15) is 52.9 Å². The van der Waals surface area contributed by atoms with Crippen LogP contribution in [0.2, 0.25) is 0 Å². The van der Waals surface area contributed by atoms with Crippen molar-refractivity contribution in [2.24, 2.45) is 11.8 Å². The molecule has 0 aromatic rings. The van der Waals surface area contributed by atoms with Crippen LogP contribution >= 0.6 is 0 Å². The van der Waals surface area contributed by atoms with Gasteiger partial charge in [0.2, 0.25) is 0 Å². The number of hydrogen-bond donors (Lipinski definition) is 0. The Hall–Kier alpha value is -0.300. The third-order valence-corrected chi connectivity index (χ3v) is 4.08. The molecule has 0 aromatic heterocycles. The molecule has 0 unspecified atom stereocenters. The van der Waals surface area contributed by atoms with Gasteiger partial charge >= 0.3 is 0 Å². The first kappa shape index (κ1) is 13.8. The maximum atomic E-state index is 4.15. The van der Waals surface area contributed by atoms with Crippen molar-refractivity contribution in [3.05, 3.63) is 12.2 Å². The molecule has 1 rings (SSSR count). The van der Waals surface area contributed by atoms with Gasteiger partial charge in [-0.05, 0) is 57.2 Å².